The molecule has 0 saturated heterocycles. The standard InChI is InChI=1S/C21H27ClN4O4/c1-5-25(21(28)19-14(4)24-26(20(19)22)11-13(2)3)12-18(27)23-15-6-7-16-17(10-15)30-9-8-29-16/h6-7,10,13H,5,8-9,11-12H2,1-4H3,(H,23,27). The lowest BCUT2D eigenvalue weighted by Gasteiger charge is -2.21. The predicted molar refractivity (Wildman–Crippen MR) is 114 cm³/mol. The molecule has 1 aliphatic rings. The molecule has 30 heavy (non-hydrogen) atoms. The first-order valence-corrected chi connectivity index (χ1v) is 10.4. The number of carbonyl (C=O) groups excluding carboxylic acids is 2. The van der Waals surface area contributed by atoms with E-state index in [-0.39, 0.29) is 18.4 Å². The maximum absolute atomic E-state index is 13.1. The molecule has 0 saturated carbocycles. The molecule has 3 rings (SSSR count). The van der Waals surface area contributed by atoms with E-state index in [1.54, 1.807) is 29.8 Å². The first-order chi connectivity index (χ1) is 14.3. The van der Waals surface area contributed by atoms with Crippen LogP contribution in [0.15, 0.2) is 18.2 Å². The van der Waals surface area contributed by atoms with Gasteiger partial charge in [-0.25, -0.2) is 0 Å². The van der Waals surface area contributed by atoms with Crippen molar-refractivity contribution >= 4 is 29.1 Å². The Bertz CT molecular complexity index is 941. The van der Waals surface area contributed by atoms with Gasteiger partial charge in [0, 0.05) is 24.8 Å². The smallest absolute Gasteiger partial charge is 0.259 e. The van der Waals surface area contributed by atoms with Crippen molar-refractivity contribution in [3.05, 3.63) is 34.6 Å². The third-order valence-electron chi connectivity index (χ3n) is 4.65. The van der Waals surface area contributed by atoms with Gasteiger partial charge in [-0.2, -0.15) is 5.10 Å². The molecule has 1 aromatic heterocycles. The van der Waals surface area contributed by atoms with Gasteiger partial charge < -0.3 is 19.7 Å². The molecule has 0 bridgehead atoms. The molecule has 0 aliphatic carbocycles. The third-order valence-corrected chi connectivity index (χ3v) is 5.03. The van der Waals surface area contributed by atoms with Gasteiger partial charge in [0.05, 0.1) is 11.3 Å². The summed E-state index contributed by atoms with van der Waals surface area (Å²) in [5, 5.41) is 7.49. The second kappa shape index (κ2) is 9.38. The van der Waals surface area contributed by atoms with Crippen LogP contribution in [0.3, 0.4) is 0 Å². The number of hydrogen-bond acceptors (Lipinski definition) is 5. The molecule has 0 spiro atoms. The lowest BCUT2D eigenvalue weighted by Crippen LogP contribution is -2.38. The zero-order valence-electron chi connectivity index (χ0n) is 17.7. The fourth-order valence-electron chi connectivity index (χ4n) is 3.24. The Morgan fingerprint density at radius 3 is 2.63 bits per heavy atom. The number of hydrogen-bond donors (Lipinski definition) is 1. The summed E-state index contributed by atoms with van der Waals surface area (Å²) in [5.74, 6) is 0.942. The Morgan fingerprint density at radius 1 is 1.27 bits per heavy atom. The number of nitrogens with one attached hydrogen (secondary N) is 1. The Labute approximate surface area is 181 Å². The summed E-state index contributed by atoms with van der Waals surface area (Å²) in [7, 11) is 0. The molecule has 9 heteroatoms. The lowest BCUT2D eigenvalue weighted by molar-refractivity contribution is -0.116. The van der Waals surface area contributed by atoms with Gasteiger partial charge in [0.2, 0.25) is 5.91 Å². The van der Waals surface area contributed by atoms with Crippen LogP contribution >= 0.6 is 11.6 Å². The molecule has 2 amide bonds. The predicted octanol–water partition coefficient (Wildman–Crippen LogP) is 3.37. The SMILES string of the molecule is CCN(CC(=O)Nc1ccc2c(c1)OCCO2)C(=O)c1c(C)nn(CC(C)C)c1Cl. The number of halogens is 1. The van der Waals surface area contributed by atoms with Crippen LogP contribution in [-0.2, 0) is 11.3 Å². The van der Waals surface area contributed by atoms with Crippen LogP contribution in [0, 0.1) is 12.8 Å². The molecule has 0 unspecified atom stereocenters. The summed E-state index contributed by atoms with van der Waals surface area (Å²) in [5.41, 5.74) is 1.47. The number of aromatic nitrogens is 2. The van der Waals surface area contributed by atoms with Crippen molar-refractivity contribution in [1.29, 1.82) is 0 Å². The first kappa shape index (κ1) is 22.0. The Kier molecular flexibility index (Phi) is 6.87. The molecular formula is C21H27ClN4O4. The highest BCUT2D eigenvalue weighted by Crippen LogP contribution is 2.32. The topological polar surface area (TPSA) is 85.7 Å². The highest BCUT2D eigenvalue weighted by atomic mass is 35.5. The normalized spacial score (nSPS) is 12.7. The van der Waals surface area contributed by atoms with Crippen molar-refractivity contribution in [3.8, 4) is 11.5 Å². The molecule has 1 aliphatic heterocycles. The Balaban J connectivity index is 1.70. The van der Waals surface area contributed by atoms with Gasteiger partial charge >= 0.3 is 0 Å². The van der Waals surface area contributed by atoms with Gasteiger partial charge in [-0.15, -0.1) is 0 Å². The summed E-state index contributed by atoms with van der Waals surface area (Å²) in [6, 6.07) is 5.20. The van der Waals surface area contributed by atoms with E-state index in [2.05, 4.69) is 24.3 Å². The molecular weight excluding hydrogens is 408 g/mol. The second-order valence-corrected chi connectivity index (χ2v) is 7.91. The van der Waals surface area contributed by atoms with Crippen molar-refractivity contribution in [3.63, 3.8) is 0 Å². The van der Waals surface area contributed by atoms with Crippen LogP contribution in [0.25, 0.3) is 0 Å². The number of fused-ring (bicyclic) bond motifs is 1. The average Bonchev–Trinajstić information content (AvgIpc) is 2.98. The van der Waals surface area contributed by atoms with Gasteiger partial charge in [0.1, 0.15) is 24.9 Å². The molecule has 0 radical (unpaired) electrons. The number of benzene rings is 1. The average molecular weight is 435 g/mol. The van der Waals surface area contributed by atoms with Crippen LogP contribution in [-0.4, -0.2) is 52.8 Å². The maximum Gasteiger partial charge on any atom is 0.259 e. The van der Waals surface area contributed by atoms with Gasteiger partial charge in [0.15, 0.2) is 11.5 Å². The Hall–Kier alpha value is -2.74. The van der Waals surface area contributed by atoms with E-state index in [1.807, 2.05) is 6.92 Å². The first-order valence-electron chi connectivity index (χ1n) is 10.0. The number of nitrogens with zero attached hydrogens (tertiary/aromatic N) is 3. The van der Waals surface area contributed by atoms with Gasteiger partial charge in [0.25, 0.3) is 5.91 Å². The molecule has 2 aromatic rings. The summed E-state index contributed by atoms with van der Waals surface area (Å²) in [4.78, 5) is 27.1. The van der Waals surface area contributed by atoms with Crippen LogP contribution in [0.1, 0.15) is 36.8 Å². The monoisotopic (exact) mass is 434 g/mol. The van der Waals surface area contributed by atoms with Crippen molar-refractivity contribution in [2.75, 3.05) is 31.6 Å². The summed E-state index contributed by atoms with van der Waals surface area (Å²) in [6.45, 7) is 9.51. The summed E-state index contributed by atoms with van der Waals surface area (Å²) >= 11 is 6.43. The van der Waals surface area contributed by atoms with E-state index in [1.165, 1.54) is 4.90 Å². The zero-order chi connectivity index (χ0) is 21.8. The highest BCUT2D eigenvalue weighted by molar-refractivity contribution is 6.33. The Morgan fingerprint density at radius 2 is 1.97 bits per heavy atom. The molecule has 162 valence electrons. The number of carbonyl (C=O) groups is 2. The number of likely N-dealkylation sites (N-methyl/N-ethyl adjacent to an activating group) is 1. The van der Waals surface area contributed by atoms with Gasteiger partial charge in [-0.1, -0.05) is 25.4 Å². The third kappa shape index (κ3) is 4.87. The van der Waals surface area contributed by atoms with Crippen molar-refractivity contribution in [2.24, 2.45) is 5.92 Å². The number of rotatable bonds is 7. The van der Waals surface area contributed by atoms with E-state index >= 15 is 0 Å². The summed E-state index contributed by atoms with van der Waals surface area (Å²) in [6.07, 6.45) is 0. The molecule has 0 atom stereocenters. The van der Waals surface area contributed by atoms with Gasteiger partial charge in [-0.05, 0) is 31.9 Å². The minimum atomic E-state index is -0.315. The van der Waals surface area contributed by atoms with E-state index in [4.69, 9.17) is 21.1 Å². The molecule has 1 N–H and O–H groups in total. The lowest BCUT2D eigenvalue weighted by atomic mass is 10.2. The van der Waals surface area contributed by atoms with E-state index in [9.17, 15) is 9.59 Å². The van der Waals surface area contributed by atoms with E-state index in [0.717, 1.165) is 0 Å². The second-order valence-electron chi connectivity index (χ2n) is 7.55. The number of amides is 2. The molecule has 2 heterocycles. The van der Waals surface area contributed by atoms with Crippen LogP contribution in [0.5, 0.6) is 11.5 Å². The minimum Gasteiger partial charge on any atom is -0.486 e. The molecule has 1 aromatic carbocycles. The zero-order valence-corrected chi connectivity index (χ0v) is 18.5. The highest BCUT2D eigenvalue weighted by Gasteiger charge is 2.26. The largest absolute Gasteiger partial charge is 0.486 e. The number of aryl methyl sites for hydroxylation is 1. The molecule has 8 nitrogen and oxygen atoms in total. The van der Waals surface area contributed by atoms with Crippen LogP contribution < -0.4 is 14.8 Å². The van der Waals surface area contributed by atoms with Gasteiger partial charge in [-0.3, -0.25) is 14.3 Å². The minimum absolute atomic E-state index is 0.102. The van der Waals surface area contributed by atoms with E-state index in [0.29, 0.717) is 65.8 Å². The fourth-order valence-corrected chi connectivity index (χ4v) is 3.57. The van der Waals surface area contributed by atoms with Crippen molar-refractivity contribution in [2.45, 2.75) is 34.2 Å². The fraction of sp³-hybridized carbons (Fsp3) is 0.476. The maximum atomic E-state index is 13.1. The quantitative estimate of drug-likeness (QED) is 0.722. The number of ether oxygens (including phenoxy) is 2. The summed E-state index contributed by atoms with van der Waals surface area (Å²) < 4.78 is 12.7. The van der Waals surface area contributed by atoms with E-state index < -0.39 is 0 Å². The van der Waals surface area contributed by atoms with Crippen LogP contribution in [0.2, 0.25) is 5.15 Å². The number of anilines is 1. The van der Waals surface area contributed by atoms with Crippen LogP contribution in [0.4, 0.5) is 5.69 Å². The van der Waals surface area contributed by atoms with Crippen molar-refractivity contribution < 1.29 is 19.1 Å². The van der Waals surface area contributed by atoms with Crippen molar-refractivity contribution in [1.82, 2.24) is 14.7 Å². The molecule has 0 fully saturated rings.